The highest BCUT2D eigenvalue weighted by molar-refractivity contribution is 7.13. The minimum atomic E-state index is -0.835. The second-order valence-corrected chi connectivity index (χ2v) is 24.0. The smallest absolute Gasteiger partial charge is 0.282 e. The van der Waals surface area contributed by atoms with E-state index in [0.717, 1.165) is 128 Å². The van der Waals surface area contributed by atoms with Crippen LogP contribution in [0, 0.1) is 12.8 Å². The molecule has 6 aliphatic rings. The number of thiazole rings is 1. The molecule has 7 heterocycles. The van der Waals surface area contributed by atoms with E-state index in [0.29, 0.717) is 54.6 Å². The molecule has 3 saturated heterocycles. The van der Waals surface area contributed by atoms with Gasteiger partial charge in [0.05, 0.1) is 60.9 Å². The van der Waals surface area contributed by atoms with E-state index in [1.807, 2.05) is 66.9 Å². The molecule has 2 saturated carbocycles. The van der Waals surface area contributed by atoms with Crippen molar-refractivity contribution in [1.29, 1.82) is 0 Å². The maximum atomic E-state index is 14.9. The zero-order valence-electron chi connectivity index (χ0n) is 43.7. The average molecular weight is 1070 g/mol. The number of likely N-dealkylation sites (tertiary alicyclic amines) is 3. The second-order valence-electron chi connectivity index (χ2n) is 22.8. The first-order valence-electron chi connectivity index (χ1n) is 28.0. The minimum absolute atomic E-state index is 0.0616. The number of hydrogen-bond acceptors (Lipinski definition) is 11. The third-order valence-electron chi connectivity index (χ3n) is 18.0. The number of aliphatic hydroxyl groups is 1. The van der Waals surface area contributed by atoms with Crippen molar-refractivity contribution in [3.05, 3.63) is 122 Å². The summed E-state index contributed by atoms with van der Waals surface area (Å²) >= 11 is 8.23. The predicted octanol–water partition coefficient (Wildman–Crippen LogP) is 9.17. The van der Waals surface area contributed by atoms with Crippen LogP contribution in [0.1, 0.15) is 161 Å². The number of carbonyl (C=O) groups is 3. The molecule has 15 nitrogen and oxygen atoms in total. The van der Waals surface area contributed by atoms with Gasteiger partial charge in [0.1, 0.15) is 17.9 Å². The summed E-state index contributed by atoms with van der Waals surface area (Å²) in [6.07, 6.45) is 14.4. The number of β-amino-alcohol motifs (C(OH)–C–C–N with tert-alkyl or cyclic N) is 1. The summed E-state index contributed by atoms with van der Waals surface area (Å²) in [5, 5.41) is 24.0. The Bertz CT molecular complexity index is 3200. The average Bonchev–Trinajstić information content (AvgIpc) is 3.74. The number of aliphatic hydroxyl groups excluding tert-OH is 1. The van der Waals surface area contributed by atoms with Crippen LogP contribution in [0.25, 0.3) is 27.0 Å². The lowest BCUT2D eigenvalue weighted by atomic mass is 9.69. The van der Waals surface area contributed by atoms with Crippen molar-refractivity contribution >= 4 is 51.6 Å². The Balaban J connectivity index is 0.640. The SMILES string of the molecule is Cc1ncsc1-c1ccc([C@H](C)NC(=O)[C@@H]2C[C@@H](O)CN2C(=O)[C@H](C2CCN(C(=O)CCCCN3CCC(c4ccc5c(c4)-n4c(nc(=O)c6c(Cl)cccc64)C54CCCCC4)CC3)CC2)n2cc(C3CC3)nn2)cc1. The van der Waals surface area contributed by atoms with Crippen molar-refractivity contribution in [2.24, 2.45) is 5.92 Å². The monoisotopic (exact) mass is 1060 g/mol. The van der Waals surface area contributed by atoms with Crippen molar-refractivity contribution in [1.82, 2.24) is 49.5 Å². The topological polar surface area (TPSA) is 172 Å². The predicted molar refractivity (Wildman–Crippen MR) is 294 cm³/mol. The summed E-state index contributed by atoms with van der Waals surface area (Å²) in [5.74, 6) is 1.16. The lowest BCUT2D eigenvalue weighted by molar-refractivity contribution is -0.144. The van der Waals surface area contributed by atoms with Crippen molar-refractivity contribution in [3.8, 4) is 16.1 Å². The maximum absolute atomic E-state index is 14.9. The lowest BCUT2D eigenvalue weighted by Crippen LogP contribution is -2.51. The highest BCUT2D eigenvalue weighted by Gasteiger charge is 2.48. The van der Waals surface area contributed by atoms with Crippen LogP contribution in [-0.4, -0.2) is 118 Å². The molecule has 1 spiro atoms. The van der Waals surface area contributed by atoms with Crippen LogP contribution in [0.15, 0.2) is 77.2 Å². The van der Waals surface area contributed by atoms with Gasteiger partial charge in [-0.05, 0) is 150 Å². The van der Waals surface area contributed by atoms with Crippen LogP contribution in [-0.2, 0) is 19.8 Å². The molecule has 4 atom stereocenters. The van der Waals surface area contributed by atoms with Crippen LogP contribution in [0.5, 0.6) is 0 Å². The van der Waals surface area contributed by atoms with Crippen molar-refractivity contribution < 1.29 is 19.5 Å². The third-order valence-corrected chi connectivity index (χ3v) is 19.3. The Morgan fingerprint density at radius 1 is 0.921 bits per heavy atom. The molecule has 4 aliphatic heterocycles. The van der Waals surface area contributed by atoms with Crippen molar-refractivity contribution in [2.45, 2.75) is 152 Å². The number of nitrogens with one attached hydrogen (secondary N) is 1. The Labute approximate surface area is 453 Å². The zero-order chi connectivity index (χ0) is 52.2. The number of amides is 3. The van der Waals surface area contributed by atoms with Gasteiger partial charge in [0.25, 0.3) is 5.56 Å². The number of benzene rings is 3. The van der Waals surface area contributed by atoms with Gasteiger partial charge in [0.15, 0.2) is 0 Å². The molecular weight excluding hydrogens is 996 g/mol. The molecule has 3 aromatic carbocycles. The van der Waals surface area contributed by atoms with E-state index in [9.17, 15) is 24.3 Å². The van der Waals surface area contributed by atoms with Gasteiger partial charge in [-0.3, -0.25) is 23.7 Å². The summed E-state index contributed by atoms with van der Waals surface area (Å²) in [4.78, 5) is 72.4. The molecule has 2 N–H and O–H groups in total. The number of piperidine rings is 2. The largest absolute Gasteiger partial charge is 0.391 e. The van der Waals surface area contributed by atoms with Gasteiger partial charge >= 0.3 is 0 Å². The highest BCUT2D eigenvalue weighted by Crippen LogP contribution is 2.52. The molecule has 3 amide bonds. The zero-order valence-corrected chi connectivity index (χ0v) is 45.3. The first-order valence-corrected chi connectivity index (χ1v) is 29.3. The van der Waals surface area contributed by atoms with Crippen LogP contribution < -0.4 is 10.9 Å². The molecule has 17 heteroatoms. The third kappa shape index (κ3) is 9.70. The normalized spacial score (nSPS) is 21.7. The first kappa shape index (κ1) is 51.0. The number of halogens is 1. The fourth-order valence-corrected chi connectivity index (χ4v) is 14.6. The number of rotatable bonds is 14. The fraction of sp³-hybridized carbons (Fsp3) is 0.525. The van der Waals surface area contributed by atoms with Crippen LogP contribution >= 0.6 is 22.9 Å². The molecule has 0 bridgehead atoms. The molecule has 3 aromatic heterocycles. The maximum Gasteiger partial charge on any atom is 0.282 e. The summed E-state index contributed by atoms with van der Waals surface area (Å²) < 4.78 is 3.95. The molecule has 0 radical (unpaired) electrons. The molecule has 76 heavy (non-hydrogen) atoms. The summed E-state index contributed by atoms with van der Waals surface area (Å²) in [5.41, 5.74) is 9.87. The van der Waals surface area contributed by atoms with E-state index in [1.165, 1.54) is 17.5 Å². The number of carbonyl (C=O) groups excluding carboxylic acids is 3. The fourth-order valence-electron chi connectivity index (χ4n) is 13.6. The van der Waals surface area contributed by atoms with E-state index < -0.39 is 18.2 Å². The van der Waals surface area contributed by atoms with Gasteiger partial charge in [-0.15, -0.1) is 16.4 Å². The molecular formula is C59H69ClN10O5S. The lowest BCUT2D eigenvalue weighted by Gasteiger charge is -2.37. The standard InChI is InChI=1S/C59H69ClN10O5S/c1-36(38-12-16-42(17-13-38)54-37(2)61-35-76-54)62-55(73)50-32-44(71)33-68(50)57(75)53(69-34-47(64-65-69)40-14-15-40)41-22-29-67(30-23-41)51(72)11-4-7-26-66-27-20-39(21-28-66)43-18-19-45-49(31-43)70-48-10-8-9-46(60)52(48)56(74)63-58(70)59(45)24-5-3-6-25-59/h8-10,12-13,16-19,31,34-36,39-41,44,50,53,71H,3-7,11,14-15,20-30,32-33H2,1-2H3,(H,62,73)/t36-,44+,50-,53-/m0/s1. The van der Waals surface area contributed by atoms with Gasteiger partial charge in [0, 0.05) is 44.6 Å². The molecule has 0 unspecified atom stereocenters. The van der Waals surface area contributed by atoms with Gasteiger partial charge in [-0.2, -0.15) is 4.98 Å². The summed E-state index contributed by atoms with van der Waals surface area (Å²) in [6.45, 7) is 8.06. The Morgan fingerprint density at radius 2 is 1.70 bits per heavy atom. The molecule has 12 rings (SSSR count). The quantitative estimate of drug-likeness (QED) is 0.100. The van der Waals surface area contributed by atoms with Gasteiger partial charge in [-0.1, -0.05) is 78.5 Å². The van der Waals surface area contributed by atoms with Gasteiger partial charge < -0.3 is 25.1 Å². The van der Waals surface area contributed by atoms with E-state index in [4.69, 9.17) is 16.6 Å². The van der Waals surface area contributed by atoms with Crippen LogP contribution in [0.2, 0.25) is 5.02 Å². The van der Waals surface area contributed by atoms with Crippen molar-refractivity contribution in [2.75, 3.05) is 39.3 Å². The van der Waals surface area contributed by atoms with Gasteiger partial charge in [0.2, 0.25) is 17.7 Å². The molecule has 2 aliphatic carbocycles. The molecule has 6 aromatic rings. The summed E-state index contributed by atoms with van der Waals surface area (Å²) in [6, 6.07) is 19.0. The minimum Gasteiger partial charge on any atom is -0.391 e. The van der Waals surface area contributed by atoms with E-state index in [1.54, 1.807) is 27.0 Å². The first-order chi connectivity index (χ1) is 36.9. The van der Waals surface area contributed by atoms with E-state index in [-0.39, 0.29) is 53.6 Å². The Morgan fingerprint density at radius 3 is 2.43 bits per heavy atom. The number of aryl methyl sites for hydroxylation is 1. The van der Waals surface area contributed by atoms with Crippen LogP contribution in [0.4, 0.5) is 0 Å². The summed E-state index contributed by atoms with van der Waals surface area (Å²) in [7, 11) is 0. The molecule has 398 valence electrons. The van der Waals surface area contributed by atoms with E-state index in [2.05, 4.69) is 48.3 Å². The highest BCUT2D eigenvalue weighted by atomic mass is 35.5. The number of unbranched alkanes of at least 4 members (excludes halogenated alkanes) is 1. The van der Waals surface area contributed by atoms with Crippen molar-refractivity contribution in [3.63, 3.8) is 0 Å². The number of fused-ring (bicyclic) bond motifs is 7. The van der Waals surface area contributed by atoms with Gasteiger partial charge in [-0.25, -0.2) is 9.67 Å². The number of aromatic nitrogens is 6. The number of nitrogens with zero attached hydrogens (tertiary/aromatic N) is 9. The Kier molecular flexibility index (Phi) is 14.2. The van der Waals surface area contributed by atoms with E-state index >= 15 is 0 Å². The second kappa shape index (κ2) is 21.2. The number of hydrogen-bond donors (Lipinski definition) is 2. The van der Waals surface area contributed by atoms with Crippen LogP contribution in [0.3, 0.4) is 0 Å². The molecule has 5 fully saturated rings. The Hall–Kier alpha value is -5.81.